The number of ether oxygens (including phenoxy) is 1. The second-order valence-corrected chi connectivity index (χ2v) is 11.3. The van der Waals surface area contributed by atoms with Crippen molar-refractivity contribution < 1.29 is 14.6 Å². The van der Waals surface area contributed by atoms with Crippen LogP contribution in [-0.2, 0) is 17.9 Å². The Morgan fingerprint density at radius 1 is 0.977 bits per heavy atom. The van der Waals surface area contributed by atoms with Gasteiger partial charge in [-0.15, -0.1) is 0 Å². The van der Waals surface area contributed by atoms with Gasteiger partial charge in [0.2, 0.25) is 5.95 Å². The number of carboxylic acid groups (broad SMARTS) is 1. The van der Waals surface area contributed by atoms with Gasteiger partial charge in [-0.3, -0.25) is 4.79 Å². The molecule has 1 atom stereocenters. The highest BCUT2D eigenvalue weighted by atomic mass is 16.5. The Morgan fingerprint density at radius 3 is 2.44 bits per heavy atom. The summed E-state index contributed by atoms with van der Waals surface area (Å²) < 4.78 is 5.68. The summed E-state index contributed by atoms with van der Waals surface area (Å²) in [5, 5.41) is 18.5. The fraction of sp³-hybridized carbons (Fsp3) is 0.333. The van der Waals surface area contributed by atoms with Crippen LogP contribution >= 0.6 is 0 Å². The van der Waals surface area contributed by atoms with Gasteiger partial charge in [-0.25, -0.2) is 9.97 Å². The first kappa shape index (κ1) is 31.2. The number of benzene rings is 3. The van der Waals surface area contributed by atoms with Crippen molar-refractivity contribution in [3.63, 3.8) is 0 Å². The average molecular weight is 577 g/mol. The van der Waals surface area contributed by atoms with Crippen molar-refractivity contribution in [2.24, 2.45) is 0 Å². The minimum Gasteiger partial charge on any atom is -0.490 e. The Balaban J connectivity index is 1.71. The third-order valence-corrected chi connectivity index (χ3v) is 7.70. The van der Waals surface area contributed by atoms with Crippen LogP contribution in [0.5, 0.6) is 5.75 Å². The number of aromatic nitrogens is 2. The van der Waals surface area contributed by atoms with Crippen LogP contribution < -0.4 is 9.64 Å². The summed E-state index contributed by atoms with van der Waals surface area (Å²) in [7, 11) is 0. The summed E-state index contributed by atoms with van der Waals surface area (Å²) in [5.74, 6) is 0.651. The summed E-state index contributed by atoms with van der Waals surface area (Å²) in [6, 6.07) is 21.5. The van der Waals surface area contributed by atoms with E-state index < -0.39 is 5.97 Å². The lowest BCUT2D eigenvalue weighted by molar-refractivity contribution is -0.137. The van der Waals surface area contributed by atoms with Crippen LogP contribution in [0.15, 0.2) is 67.0 Å². The Morgan fingerprint density at radius 2 is 1.74 bits per heavy atom. The summed E-state index contributed by atoms with van der Waals surface area (Å²) in [5.41, 5.74) is 9.93. The van der Waals surface area contributed by atoms with Crippen LogP contribution in [0.25, 0.3) is 11.1 Å². The molecule has 43 heavy (non-hydrogen) atoms. The van der Waals surface area contributed by atoms with Gasteiger partial charge < -0.3 is 14.7 Å². The first-order valence-electron chi connectivity index (χ1n) is 14.8. The molecule has 0 saturated carbocycles. The van der Waals surface area contributed by atoms with Gasteiger partial charge in [0.25, 0.3) is 0 Å². The second kappa shape index (κ2) is 14.5. The number of nitrogens with zero attached hydrogens (tertiary/aromatic N) is 4. The summed E-state index contributed by atoms with van der Waals surface area (Å²) >= 11 is 0. The maximum atomic E-state index is 10.8. The van der Waals surface area contributed by atoms with Crippen LogP contribution in [-0.4, -0.2) is 27.7 Å². The summed E-state index contributed by atoms with van der Waals surface area (Å²) in [6.45, 7) is 12.1. The molecule has 0 amide bonds. The van der Waals surface area contributed by atoms with Crippen molar-refractivity contribution in [2.75, 3.05) is 11.5 Å². The lowest BCUT2D eigenvalue weighted by atomic mass is 9.89. The molecule has 0 aliphatic rings. The van der Waals surface area contributed by atoms with E-state index in [4.69, 9.17) is 9.84 Å². The lowest BCUT2D eigenvalue weighted by Crippen LogP contribution is -2.25. The zero-order valence-electron chi connectivity index (χ0n) is 25.7. The van der Waals surface area contributed by atoms with E-state index in [1.165, 1.54) is 27.8 Å². The van der Waals surface area contributed by atoms with Gasteiger partial charge in [-0.05, 0) is 90.6 Å². The van der Waals surface area contributed by atoms with Gasteiger partial charge in [-0.2, -0.15) is 5.26 Å². The zero-order chi connectivity index (χ0) is 30.9. The topological polar surface area (TPSA) is 99.3 Å². The largest absolute Gasteiger partial charge is 0.490 e. The van der Waals surface area contributed by atoms with Gasteiger partial charge >= 0.3 is 5.97 Å². The number of aliphatic carboxylic acids is 1. The molecule has 1 unspecified atom stereocenters. The van der Waals surface area contributed by atoms with E-state index in [-0.39, 0.29) is 13.0 Å². The van der Waals surface area contributed by atoms with Crippen molar-refractivity contribution in [1.82, 2.24) is 9.97 Å². The zero-order valence-corrected chi connectivity index (χ0v) is 25.7. The Bertz CT molecular complexity index is 1610. The van der Waals surface area contributed by atoms with E-state index in [0.29, 0.717) is 42.7 Å². The molecule has 222 valence electrons. The summed E-state index contributed by atoms with van der Waals surface area (Å²) in [4.78, 5) is 22.2. The van der Waals surface area contributed by atoms with Crippen LogP contribution in [0.2, 0.25) is 0 Å². The van der Waals surface area contributed by atoms with E-state index in [0.717, 1.165) is 23.1 Å². The minimum atomic E-state index is -0.848. The van der Waals surface area contributed by atoms with Crippen molar-refractivity contribution in [3.05, 3.63) is 106 Å². The molecule has 7 heteroatoms. The number of aryl methyl sites for hydroxylation is 3. The Hall–Kier alpha value is -4.70. The van der Waals surface area contributed by atoms with Crippen LogP contribution in [0.3, 0.4) is 0 Å². The number of nitriles is 1. The molecule has 0 bridgehead atoms. The molecule has 7 nitrogen and oxygen atoms in total. The molecule has 1 aromatic heterocycles. The van der Waals surface area contributed by atoms with E-state index in [2.05, 4.69) is 91.1 Å². The third-order valence-electron chi connectivity index (χ3n) is 7.70. The molecule has 1 N–H and O–H groups in total. The van der Waals surface area contributed by atoms with Crippen LogP contribution in [0.4, 0.5) is 5.95 Å². The second-order valence-electron chi connectivity index (χ2n) is 11.3. The van der Waals surface area contributed by atoms with E-state index in [9.17, 15) is 10.1 Å². The lowest BCUT2D eigenvalue weighted by Gasteiger charge is -2.25. The van der Waals surface area contributed by atoms with Gasteiger partial charge in [0.15, 0.2) is 5.75 Å². The number of carbonyl (C=O) groups is 1. The van der Waals surface area contributed by atoms with Gasteiger partial charge in [0.1, 0.15) is 0 Å². The highest BCUT2D eigenvalue weighted by Gasteiger charge is 2.18. The average Bonchev–Trinajstić information content (AvgIpc) is 2.99. The van der Waals surface area contributed by atoms with E-state index in [1.807, 2.05) is 19.1 Å². The fourth-order valence-electron chi connectivity index (χ4n) is 5.19. The standard InChI is InChI=1S/C36H40N4O3/c1-6-26(4)30-11-10-27(5)34(18-30)33-12-9-24(2)16-31(33)23-40(22-29-15-25(3)14-28(17-29)19-37)36-38-20-32(21-39-36)43-13-7-8-35(41)42/h9-12,14-18,20-21,26H,6-8,13,22-23H2,1-5H3,(H,41,42). The SMILES string of the molecule is CCC(C)c1ccc(C)c(-c2ccc(C)cc2CN(Cc2cc(C)cc(C#N)c2)c2ncc(OCCCC(=O)O)cn2)c1. The first-order chi connectivity index (χ1) is 20.7. The quantitative estimate of drug-likeness (QED) is 0.161. The highest BCUT2D eigenvalue weighted by molar-refractivity contribution is 5.72. The molecule has 4 aromatic rings. The van der Waals surface area contributed by atoms with Crippen molar-refractivity contribution >= 4 is 11.9 Å². The van der Waals surface area contributed by atoms with Gasteiger partial charge in [0, 0.05) is 19.5 Å². The van der Waals surface area contributed by atoms with Gasteiger partial charge in [0.05, 0.1) is 30.6 Å². The number of carboxylic acids is 1. The first-order valence-corrected chi connectivity index (χ1v) is 14.8. The molecule has 4 rings (SSSR count). The van der Waals surface area contributed by atoms with Crippen molar-refractivity contribution in [1.29, 1.82) is 5.26 Å². The maximum absolute atomic E-state index is 10.8. The Labute approximate surface area is 254 Å². The molecule has 0 aliphatic carbocycles. The number of rotatable bonds is 13. The highest BCUT2D eigenvalue weighted by Crippen LogP contribution is 2.33. The van der Waals surface area contributed by atoms with Crippen LogP contribution in [0, 0.1) is 32.1 Å². The molecular weight excluding hydrogens is 536 g/mol. The normalized spacial score (nSPS) is 11.5. The summed E-state index contributed by atoms with van der Waals surface area (Å²) in [6.07, 6.45) is 4.79. The van der Waals surface area contributed by atoms with Crippen molar-refractivity contribution in [3.8, 4) is 22.9 Å². The molecule has 0 aliphatic heterocycles. The Kier molecular flexibility index (Phi) is 10.5. The molecule has 3 aromatic carbocycles. The molecule has 0 saturated heterocycles. The molecule has 0 radical (unpaired) electrons. The predicted octanol–water partition coefficient (Wildman–Crippen LogP) is 7.90. The molecule has 0 fully saturated rings. The monoisotopic (exact) mass is 576 g/mol. The van der Waals surface area contributed by atoms with Gasteiger partial charge in [-0.1, -0.05) is 61.9 Å². The van der Waals surface area contributed by atoms with E-state index in [1.54, 1.807) is 12.4 Å². The number of hydrogen-bond acceptors (Lipinski definition) is 6. The number of hydrogen-bond donors (Lipinski definition) is 1. The molecule has 1 heterocycles. The maximum Gasteiger partial charge on any atom is 0.303 e. The third kappa shape index (κ3) is 8.42. The molecule has 0 spiro atoms. The minimum absolute atomic E-state index is 0.0481. The smallest absolute Gasteiger partial charge is 0.303 e. The van der Waals surface area contributed by atoms with Crippen LogP contribution in [0.1, 0.15) is 78.0 Å². The van der Waals surface area contributed by atoms with Crippen molar-refractivity contribution in [2.45, 2.75) is 72.9 Å². The fourth-order valence-corrected chi connectivity index (χ4v) is 5.19. The predicted molar refractivity (Wildman–Crippen MR) is 170 cm³/mol. The van der Waals surface area contributed by atoms with E-state index >= 15 is 0 Å². The molecular formula is C36H40N4O3. The number of anilines is 1.